The van der Waals surface area contributed by atoms with Gasteiger partial charge in [0.05, 0.1) is 5.52 Å². The van der Waals surface area contributed by atoms with Crippen molar-refractivity contribution in [1.82, 2.24) is 14.9 Å². The standard InChI is InChI=1S/C26H24FN5OS/c27-20-9-11-21(12-10-20)31-13-15-32(16-14-31)25(33)19-7-5-18(6-8-19)17-28-24-22-3-1-2-4-23(22)29-26(34)30-24/h1-12H,13-17H2,(H2,28,29,30,34). The number of anilines is 2. The van der Waals surface area contributed by atoms with Crippen LogP contribution < -0.4 is 10.2 Å². The zero-order valence-corrected chi connectivity index (χ0v) is 19.3. The molecule has 1 aliphatic rings. The molecule has 0 radical (unpaired) electrons. The van der Waals surface area contributed by atoms with Crippen LogP contribution in [-0.2, 0) is 6.54 Å². The molecule has 1 aromatic heterocycles. The first-order valence-corrected chi connectivity index (χ1v) is 11.6. The van der Waals surface area contributed by atoms with Crippen LogP contribution in [0.3, 0.4) is 0 Å². The highest BCUT2D eigenvalue weighted by Crippen LogP contribution is 2.21. The molecule has 0 atom stereocenters. The number of hydrogen-bond donors (Lipinski definition) is 2. The molecule has 1 amide bonds. The number of halogens is 1. The Morgan fingerprint density at radius 3 is 2.41 bits per heavy atom. The quantitative estimate of drug-likeness (QED) is 0.399. The molecule has 0 aliphatic carbocycles. The molecule has 0 unspecified atom stereocenters. The van der Waals surface area contributed by atoms with Gasteiger partial charge in [-0.3, -0.25) is 4.79 Å². The van der Waals surface area contributed by atoms with Gasteiger partial charge in [-0.15, -0.1) is 0 Å². The lowest BCUT2D eigenvalue weighted by molar-refractivity contribution is 0.0747. The van der Waals surface area contributed by atoms with Gasteiger partial charge in [0.1, 0.15) is 11.6 Å². The first-order valence-electron chi connectivity index (χ1n) is 11.2. The number of nitrogens with zero attached hydrogens (tertiary/aromatic N) is 3. The van der Waals surface area contributed by atoms with E-state index in [-0.39, 0.29) is 11.7 Å². The molecular formula is C26H24FN5OS. The van der Waals surface area contributed by atoms with E-state index in [4.69, 9.17) is 12.2 Å². The van der Waals surface area contributed by atoms with Crippen molar-refractivity contribution < 1.29 is 9.18 Å². The summed E-state index contributed by atoms with van der Waals surface area (Å²) in [5.41, 5.74) is 3.63. The Hall–Kier alpha value is -3.78. The van der Waals surface area contributed by atoms with Gasteiger partial charge in [-0.1, -0.05) is 24.3 Å². The Morgan fingerprint density at radius 2 is 1.68 bits per heavy atom. The first kappa shape index (κ1) is 22.0. The minimum atomic E-state index is -0.242. The highest BCUT2D eigenvalue weighted by Gasteiger charge is 2.22. The Labute approximate surface area is 202 Å². The zero-order valence-electron chi connectivity index (χ0n) is 18.5. The van der Waals surface area contributed by atoms with Gasteiger partial charge in [0.25, 0.3) is 5.91 Å². The molecule has 0 spiro atoms. The number of piperazine rings is 1. The Balaban J connectivity index is 1.20. The monoisotopic (exact) mass is 473 g/mol. The molecule has 1 aliphatic heterocycles. The highest BCUT2D eigenvalue weighted by atomic mass is 32.1. The SMILES string of the molecule is O=C(c1ccc(CNc2nc(=S)[nH]c3ccccc23)cc1)N1CCN(c2ccc(F)cc2)CC1. The molecule has 0 saturated carbocycles. The number of H-pyrrole nitrogens is 1. The van der Waals surface area contributed by atoms with Crippen LogP contribution in [0, 0.1) is 10.6 Å². The van der Waals surface area contributed by atoms with E-state index >= 15 is 0 Å². The number of amides is 1. The minimum absolute atomic E-state index is 0.0280. The third-order valence-electron chi connectivity index (χ3n) is 6.06. The van der Waals surface area contributed by atoms with E-state index in [1.807, 2.05) is 53.4 Å². The van der Waals surface area contributed by atoms with Gasteiger partial charge in [-0.2, -0.15) is 0 Å². The fraction of sp³-hybridized carbons (Fsp3) is 0.192. The van der Waals surface area contributed by atoms with E-state index in [0.717, 1.165) is 41.1 Å². The normalized spacial score (nSPS) is 13.8. The van der Waals surface area contributed by atoms with Gasteiger partial charge < -0.3 is 20.1 Å². The summed E-state index contributed by atoms with van der Waals surface area (Å²) >= 11 is 5.24. The second kappa shape index (κ2) is 9.61. The first-order chi connectivity index (χ1) is 16.6. The fourth-order valence-corrected chi connectivity index (χ4v) is 4.39. The predicted molar refractivity (Wildman–Crippen MR) is 135 cm³/mol. The summed E-state index contributed by atoms with van der Waals surface area (Å²) in [5, 5.41) is 4.33. The number of aromatic amines is 1. The predicted octanol–water partition coefficient (Wildman–Crippen LogP) is 5.01. The molecule has 1 fully saturated rings. The van der Waals surface area contributed by atoms with Crippen LogP contribution in [0.25, 0.3) is 10.9 Å². The van der Waals surface area contributed by atoms with Crippen LogP contribution in [0.15, 0.2) is 72.8 Å². The Bertz CT molecular complexity index is 1360. The van der Waals surface area contributed by atoms with Gasteiger partial charge in [-0.05, 0) is 66.3 Å². The fourth-order valence-electron chi connectivity index (χ4n) is 4.19. The van der Waals surface area contributed by atoms with Crippen molar-refractivity contribution in [2.24, 2.45) is 0 Å². The summed E-state index contributed by atoms with van der Waals surface area (Å²) < 4.78 is 13.6. The van der Waals surface area contributed by atoms with Crippen LogP contribution >= 0.6 is 12.2 Å². The molecule has 5 rings (SSSR count). The van der Waals surface area contributed by atoms with E-state index in [1.165, 1.54) is 12.1 Å². The second-order valence-corrected chi connectivity index (χ2v) is 8.63. The van der Waals surface area contributed by atoms with Crippen LogP contribution in [0.5, 0.6) is 0 Å². The van der Waals surface area contributed by atoms with E-state index in [9.17, 15) is 9.18 Å². The number of hydrogen-bond acceptors (Lipinski definition) is 5. The molecule has 34 heavy (non-hydrogen) atoms. The minimum Gasteiger partial charge on any atom is -0.368 e. The largest absolute Gasteiger partial charge is 0.368 e. The van der Waals surface area contributed by atoms with Crippen LogP contribution in [0.1, 0.15) is 15.9 Å². The molecule has 4 aromatic rings. The molecule has 2 N–H and O–H groups in total. The van der Waals surface area contributed by atoms with Gasteiger partial charge in [0.2, 0.25) is 0 Å². The Kier molecular flexibility index (Phi) is 6.22. The van der Waals surface area contributed by atoms with Crippen molar-refractivity contribution in [3.05, 3.63) is 94.5 Å². The number of benzene rings is 3. The molecular weight excluding hydrogens is 449 g/mol. The molecule has 3 aromatic carbocycles. The summed E-state index contributed by atoms with van der Waals surface area (Å²) in [6, 6.07) is 22.0. The summed E-state index contributed by atoms with van der Waals surface area (Å²) in [5.74, 6) is 0.520. The summed E-state index contributed by atoms with van der Waals surface area (Å²) in [6.45, 7) is 3.28. The lowest BCUT2D eigenvalue weighted by atomic mass is 10.1. The van der Waals surface area contributed by atoms with Gasteiger partial charge >= 0.3 is 0 Å². The average molecular weight is 474 g/mol. The van der Waals surface area contributed by atoms with Gasteiger partial charge in [0, 0.05) is 49.4 Å². The number of carbonyl (C=O) groups is 1. The van der Waals surface area contributed by atoms with Gasteiger partial charge in [-0.25, -0.2) is 9.37 Å². The number of aromatic nitrogens is 2. The summed E-state index contributed by atoms with van der Waals surface area (Å²) in [7, 11) is 0. The summed E-state index contributed by atoms with van der Waals surface area (Å²) in [4.78, 5) is 24.5. The van der Waals surface area contributed by atoms with E-state index in [2.05, 4.69) is 20.2 Å². The molecule has 2 heterocycles. The number of rotatable bonds is 5. The van der Waals surface area contributed by atoms with Crippen molar-refractivity contribution in [2.45, 2.75) is 6.54 Å². The maximum absolute atomic E-state index is 13.2. The molecule has 6 nitrogen and oxygen atoms in total. The maximum atomic E-state index is 13.2. The molecule has 1 saturated heterocycles. The van der Waals surface area contributed by atoms with Crippen LogP contribution in [-0.4, -0.2) is 47.0 Å². The van der Waals surface area contributed by atoms with E-state index in [0.29, 0.717) is 30.0 Å². The topological polar surface area (TPSA) is 64.3 Å². The van der Waals surface area contributed by atoms with Crippen molar-refractivity contribution in [2.75, 3.05) is 36.4 Å². The van der Waals surface area contributed by atoms with E-state index in [1.54, 1.807) is 12.1 Å². The third kappa shape index (κ3) is 4.77. The molecule has 172 valence electrons. The molecule has 0 bridgehead atoms. The van der Waals surface area contributed by atoms with Crippen LogP contribution in [0.4, 0.5) is 15.9 Å². The Morgan fingerprint density at radius 1 is 0.971 bits per heavy atom. The van der Waals surface area contributed by atoms with Crippen molar-refractivity contribution >= 4 is 40.5 Å². The van der Waals surface area contributed by atoms with Crippen molar-refractivity contribution in [3.8, 4) is 0 Å². The summed E-state index contributed by atoms with van der Waals surface area (Å²) in [6.07, 6.45) is 0. The van der Waals surface area contributed by atoms with Crippen molar-refractivity contribution in [1.29, 1.82) is 0 Å². The number of carbonyl (C=O) groups excluding carboxylic acids is 1. The number of fused-ring (bicyclic) bond motifs is 1. The van der Waals surface area contributed by atoms with Crippen LogP contribution in [0.2, 0.25) is 0 Å². The third-order valence-corrected chi connectivity index (χ3v) is 6.25. The number of para-hydroxylation sites is 1. The van der Waals surface area contributed by atoms with E-state index < -0.39 is 0 Å². The average Bonchev–Trinajstić information content (AvgIpc) is 2.87. The molecule has 8 heteroatoms. The van der Waals surface area contributed by atoms with Gasteiger partial charge in [0.15, 0.2) is 4.77 Å². The lowest BCUT2D eigenvalue weighted by Gasteiger charge is -2.36. The zero-order chi connectivity index (χ0) is 23.5. The number of nitrogens with one attached hydrogen (secondary N) is 2. The second-order valence-electron chi connectivity index (χ2n) is 8.24. The highest BCUT2D eigenvalue weighted by molar-refractivity contribution is 7.71. The lowest BCUT2D eigenvalue weighted by Crippen LogP contribution is -2.48. The maximum Gasteiger partial charge on any atom is 0.253 e. The smallest absolute Gasteiger partial charge is 0.253 e. The van der Waals surface area contributed by atoms with Crippen molar-refractivity contribution in [3.63, 3.8) is 0 Å².